The van der Waals surface area contributed by atoms with Crippen LogP contribution in [-0.2, 0) is 16.2 Å². The van der Waals surface area contributed by atoms with Gasteiger partial charge in [-0.1, -0.05) is 0 Å². The summed E-state index contributed by atoms with van der Waals surface area (Å²) in [5.74, 6) is -2.41. The number of fused-ring (bicyclic) bond motifs is 2. The number of hydrogen-bond donors (Lipinski definition) is 6. The van der Waals surface area contributed by atoms with Crippen LogP contribution in [0.25, 0.3) is 10.9 Å². The van der Waals surface area contributed by atoms with Gasteiger partial charge in [-0.15, -0.1) is 0 Å². The van der Waals surface area contributed by atoms with E-state index >= 15 is 0 Å². The third-order valence-electron chi connectivity index (χ3n) is 4.88. The molecule has 1 aliphatic heterocycles. The van der Waals surface area contributed by atoms with E-state index in [1.165, 1.54) is 20.3 Å². The fraction of sp³-hybridized carbons (Fsp3) is 0.208. The number of ether oxygens (including phenoxy) is 2. The Morgan fingerprint density at radius 3 is 1.95 bits per heavy atom. The number of aliphatic hydroxyl groups excluding tert-OH is 3. The first-order chi connectivity index (χ1) is 17.6. The number of rotatable bonds is 6. The number of carbonyl (C=O) groups excluding carboxylic acids is 3. The van der Waals surface area contributed by atoms with Crippen molar-refractivity contribution in [3.8, 4) is 17.2 Å². The van der Waals surface area contributed by atoms with Crippen LogP contribution >= 0.6 is 0 Å². The van der Waals surface area contributed by atoms with Crippen molar-refractivity contribution < 1.29 is 65.1 Å². The zero-order valence-electron chi connectivity index (χ0n) is 21.3. The van der Waals surface area contributed by atoms with Gasteiger partial charge in [-0.05, 0) is 36.4 Å². The third kappa shape index (κ3) is 9.35. The van der Waals surface area contributed by atoms with E-state index in [2.05, 4.69) is 10.3 Å². The van der Waals surface area contributed by atoms with E-state index in [-0.39, 0.29) is 65.3 Å². The molecule has 212 valence electrons. The number of aromatic hydroxyl groups is 1. The standard InChI is InChI=1S/C12H11NO5.C9H7NO3.C3H6O3.Ca.2H2O/c1-18-6-2-3-8-7(4-6)10(12(16)17)11(15)9(5-14)13-8;1-13-5-2-3-7-6(4-5)8(11)9(12)10-7;4-1-3(6)2-5;;;/h2-4,14-15H,5H2,1H3,(H,16,17);2-4H,1H3,(H,10,11,12);4-5H,1-2H2;;2*1H2/q;;;+2;;/p-2. The molecule has 0 atom stereocenters. The van der Waals surface area contributed by atoms with Gasteiger partial charge in [0.25, 0.3) is 11.7 Å². The molecule has 2 heterocycles. The molecule has 4 rings (SSSR count). The molecule has 0 fully saturated rings. The molecule has 0 spiro atoms. The normalized spacial score (nSPS) is 10.5. The van der Waals surface area contributed by atoms with E-state index in [1.54, 1.807) is 30.3 Å². The Kier molecular flexibility index (Phi) is 17.5. The summed E-state index contributed by atoms with van der Waals surface area (Å²) in [5.41, 5.74) is 0.947. The van der Waals surface area contributed by atoms with Gasteiger partial charge in [0.05, 0.1) is 37.6 Å². The summed E-state index contributed by atoms with van der Waals surface area (Å²) in [7, 11) is 2.97. The number of Topliss-reactive ketones (excluding diaryl/α,β-unsaturated/α-hetero) is 2. The van der Waals surface area contributed by atoms with Crippen LogP contribution in [0.2, 0.25) is 0 Å². The van der Waals surface area contributed by atoms with E-state index in [4.69, 9.17) is 29.9 Å². The first-order valence-electron chi connectivity index (χ1n) is 10.4. The van der Waals surface area contributed by atoms with Crippen molar-refractivity contribution in [1.29, 1.82) is 0 Å². The number of aliphatic hydroxyl groups is 3. The minimum Gasteiger partial charge on any atom is -0.870 e. The number of anilines is 1. The number of carbonyl (C=O) groups is 4. The Balaban J connectivity index is 0. The van der Waals surface area contributed by atoms with Gasteiger partial charge in [0.15, 0.2) is 11.5 Å². The molecule has 15 nitrogen and oxygen atoms in total. The molecule has 8 N–H and O–H groups in total. The summed E-state index contributed by atoms with van der Waals surface area (Å²) < 4.78 is 9.93. The Morgan fingerprint density at radius 1 is 0.925 bits per heavy atom. The number of nitrogens with one attached hydrogen (secondary N) is 1. The predicted molar refractivity (Wildman–Crippen MR) is 138 cm³/mol. The summed E-state index contributed by atoms with van der Waals surface area (Å²) in [4.78, 5) is 47.0. The van der Waals surface area contributed by atoms with Crippen LogP contribution in [0, 0.1) is 0 Å². The van der Waals surface area contributed by atoms with E-state index in [9.17, 15) is 24.3 Å². The minimum atomic E-state index is -1.29. The number of carboxylic acid groups (broad SMARTS) is 1. The quantitative estimate of drug-likeness (QED) is 0.160. The van der Waals surface area contributed by atoms with Crippen LogP contribution in [0.5, 0.6) is 17.2 Å². The van der Waals surface area contributed by atoms with Crippen LogP contribution in [0.4, 0.5) is 5.69 Å². The van der Waals surface area contributed by atoms with Gasteiger partial charge < -0.3 is 51.3 Å². The average Bonchev–Trinajstić information content (AvgIpc) is 3.20. The summed E-state index contributed by atoms with van der Waals surface area (Å²) in [6.07, 6.45) is 0. The first kappa shape index (κ1) is 38.7. The molecule has 3 aromatic rings. The van der Waals surface area contributed by atoms with Gasteiger partial charge >= 0.3 is 43.7 Å². The molecule has 16 heteroatoms. The fourth-order valence-electron chi connectivity index (χ4n) is 3.04. The second-order valence-corrected chi connectivity index (χ2v) is 7.18. The van der Waals surface area contributed by atoms with Gasteiger partial charge in [0.2, 0.25) is 0 Å². The second kappa shape index (κ2) is 18.0. The smallest absolute Gasteiger partial charge is 0.870 e. The van der Waals surface area contributed by atoms with Gasteiger partial charge in [0, 0.05) is 5.39 Å². The monoisotopic (exact) mass is 590 g/mol. The second-order valence-electron chi connectivity index (χ2n) is 7.18. The van der Waals surface area contributed by atoms with Crippen molar-refractivity contribution in [3.05, 3.63) is 53.2 Å². The summed E-state index contributed by atoms with van der Waals surface area (Å²) in [6.45, 7) is -1.65. The maximum atomic E-state index is 11.2. The first-order valence-corrected chi connectivity index (χ1v) is 10.4. The van der Waals surface area contributed by atoms with Gasteiger partial charge in [-0.25, -0.2) is 9.78 Å². The SMILES string of the molecule is COc1ccc2c(c1)C(=O)C(=O)N2.COc1ccc2nc(CO)c(O)c(C(=O)O)c2c1.O=C(CO)CO.[Ca+2].[OH-].[OH-]. The maximum absolute atomic E-state index is 11.2. The Morgan fingerprint density at radius 2 is 1.48 bits per heavy atom. The molecular weight excluding hydrogens is 564 g/mol. The number of pyridine rings is 1. The molecule has 1 aliphatic rings. The number of benzene rings is 2. The molecule has 0 unspecified atom stereocenters. The van der Waals surface area contributed by atoms with Crippen LogP contribution in [0.3, 0.4) is 0 Å². The van der Waals surface area contributed by atoms with E-state index in [0.29, 0.717) is 28.3 Å². The summed E-state index contributed by atoms with van der Waals surface area (Å²) in [5, 5.41) is 46.3. The van der Waals surface area contributed by atoms with Crippen molar-refractivity contribution in [2.24, 2.45) is 0 Å². The van der Waals surface area contributed by atoms with E-state index in [0.717, 1.165) is 0 Å². The Hall–Kier alpha value is -3.41. The number of amides is 1. The number of carboxylic acids is 1. The van der Waals surface area contributed by atoms with E-state index < -0.39 is 49.0 Å². The molecule has 0 saturated carbocycles. The minimum absolute atomic E-state index is 0. The topological polar surface area (TPSA) is 273 Å². The maximum Gasteiger partial charge on any atom is 2.00 e. The summed E-state index contributed by atoms with van der Waals surface area (Å²) in [6, 6.07) is 9.56. The van der Waals surface area contributed by atoms with Gasteiger partial charge in [-0.3, -0.25) is 14.4 Å². The molecule has 0 bridgehead atoms. The molecule has 1 aromatic heterocycles. The van der Waals surface area contributed by atoms with Crippen molar-refractivity contribution in [3.63, 3.8) is 0 Å². The van der Waals surface area contributed by atoms with Crippen molar-refractivity contribution in [2.45, 2.75) is 6.61 Å². The van der Waals surface area contributed by atoms with Gasteiger partial charge in [-0.2, -0.15) is 0 Å². The number of methoxy groups -OCH3 is 2. The number of aromatic nitrogens is 1. The molecule has 2 aromatic carbocycles. The Labute approximate surface area is 256 Å². The predicted octanol–water partition coefficient (Wildman–Crippen LogP) is -0.225. The number of hydrogen-bond acceptors (Lipinski definition) is 13. The number of aromatic carboxylic acids is 1. The summed E-state index contributed by atoms with van der Waals surface area (Å²) >= 11 is 0. The zero-order valence-corrected chi connectivity index (χ0v) is 23.5. The van der Waals surface area contributed by atoms with Crippen molar-refractivity contribution in [2.75, 3.05) is 32.8 Å². The molecule has 40 heavy (non-hydrogen) atoms. The largest absolute Gasteiger partial charge is 2.00 e. The average molecular weight is 591 g/mol. The number of ketones is 2. The molecule has 1 amide bonds. The molecule has 0 aliphatic carbocycles. The van der Waals surface area contributed by atoms with Crippen LogP contribution in [0.1, 0.15) is 26.4 Å². The van der Waals surface area contributed by atoms with E-state index in [1.807, 2.05) is 0 Å². The fourth-order valence-corrected chi connectivity index (χ4v) is 3.04. The van der Waals surface area contributed by atoms with Gasteiger partial charge in [0.1, 0.15) is 36.0 Å². The van der Waals surface area contributed by atoms with Crippen molar-refractivity contribution >= 4 is 77.8 Å². The van der Waals surface area contributed by atoms with Crippen LogP contribution in [-0.4, -0.2) is 130 Å². The molecule has 0 radical (unpaired) electrons. The molecular formula is C24H26CaN2O13. The molecule has 0 saturated heterocycles. The van der Waals surface area contributed by atoms with Crippen LogP contribution in [0.15, 0.2) is 36.4 Å². The Bertz CT molecular complexity index is 1340. The number of nitrogens with zero attached hydrogens (tertiary/aromatic N) is 1. The van der Waals surface area contributed by atoms with Crippen molar-refractivity contribution in [1.82, 2.24) is 4.98 Å². The zero-order chi connectivity index (χ0) is 27.7. The van der Waals surface area contributed by atoms with Crippen LogP contribution < -0.4 is 14.8 Å². The third-order valence-corrected chi connectivity index (χ3v) is 4.88.